The molecule has 0 saturated heterocycles. The maximum Gasteiger partial charge on any atom is 0.222 e. The van der Waals surface area contributed by atoms with Crippen LogP contribution in [0.4, 0.5) is 11.8 Å². The number of ether oxygens (including phenoxy) is 1. The second-order valence-electron chi connectivity index (χ2n) is 5.01. The van der Waals surface area contributed by atoms with E-state index in [1.54, 1.807) is 36.2 Å². The molecule has 0 bridgehead atoms. The molecule has 0 spiro atoms. The average molecular weight is 307 g/mol. The van der Waals surface area contributed by atoms with E-state index in [2.05, 4.69) is 9.97 Å². The van der Waals surface area contributed by atoms with Gasteiger partial charge in [-0.05, 0) is 37.1 Å². The number of nitrogens with two attached hydrogens (primary N) is 1. The van der Waals surface area contributed by atoms with Gasteiger partial charge in [-0.25, -0.2) is 4.98 Å². The van der Waals surface area contributed by atoms with E-state index in [0.29, 0.717) is 35.2 Å². The number of aliphatic hydroxyl groups is 1. The number of hydrogen-bond donors (Lipinski definition) is 2. The van der Waals surface area contributed by atoms with Crippen molar-refractivity contribution >= 4 is 23.4 Å². The molecule has 1 aliphatic carbocycles. The minimum absolute atomic E-state index is 0.129. The van der Waals surface area contributed by atoms with E-state index in [9.17, 15) is 5.11 Å². The Bertz CT molecular complexity index is 659. The van der Waals surface area contributed by atoms with Crippen LogP contribution in [0, 0.1) is 0 Å². The number of halogens is 1. The highest BCUT2D eigenvalue weighted by atomic mass is 35.5. The van der Waals surface area contributed by atoms with Crippen molar-refractivity contribution < 1.29 is 9.84 Å². The molecule has 1 aliphatic rings. The van der Waals surface area contributed by atoms with E-state index in [4.69, 9.17) is 22.1 Å². The maximum absolute atomic E-state index is 10.2. The first-order valence-corrected chi connectivity index (χ1v) is 6.88. The molecule has 2 aromatic rings. The molecule has 3 N–H and O–H groups in total. The molecule has 110 valence electrons. The summed E-state index contributed by atoms with van der Waals surface area (Å²) in [5.41, 5.74) is 4.76. The molecule has 3 rings (SSSR count). The van der Waals surface area contributed by atoms with Crippen molar-refractivity contribution in [2.75, 3.05) is 17.7 Å². The van der Waals surface area contributed by atoms with Gasteiger partial charge in [0.25, 0.3) is 0 Å². The van der Waals surface area contributed by atoms with Crippen molar-refractivity contribution in [2.24, 2.45) is 0 Å². The third kappa shape index (κ3) is 2.86. The zero-order valence-electron chi connectivity index (χ0n) is 11.5. The summed E-state index contributed by atoms with van der Waals surface area (Å²) in [6, 6.07) is 6.95. The molecule has 0 aliphatic heterocycles. The van der Waals surface area contributed by atoms with Crippen LogP contribution in [0.2, 0.25) is 5.02 Å². The molecule has 21 heavy (non-hydrogen) atoms. The summed E-state index contributed by atoms with van der Waals surface area (Å²) in [5.74, 6) is 1.61. The predicted molar refractivity (Wildman–Crippen MR) is 80.6 cm³/mol. The number of nitrogen functional groups attached to an aromatic ring is 1. The summed E-state index contributed by atoms with van der Waals surface area (Å²) in [7, 11) is 1.75. The Morgan fingerprint density at radius 2 is 2.00 bits per heavy atom. The van der Waals surface area contributed by atoms with Crippen molar-refractivity contribution in [1.82, 2.24) is 9.97 Å². The molecule has 1 aromatic heterocycles. The molecular weight excluding hydrogens is 292 g/mol. The van der Waals surface area contributed by atoms with Gasteiger partial charge in [0.05, 0.1) is 6.20 Å². The molecule has 1 saturated carbocycles. The molecule has 0 unspecified atom stereocenters. The topological polar surface area (TPSA) is 84.5 Å². The van der Waals surface area contributed by atoms with Gasteiger partial charge in [0.1, 0.15) is 11.5 Å². The lowest BCUT2D eigenvalue weighted by Gasteiger charge is -2.26. The van der Waals surface area contributed by atoms with Crippen LogP contribution in [-0.4, -0.2) is 27.8 Å². The Labute approximate surface area is 127 Å². The first-order chi connectivity index (χ1) is 9.98. The normalized spacial score (nSPS) is 15.6. The zero-order valence-corrected chi connectivity index (χ0v) is 12.2. The molecule has 1 heterocycles. The first-order valence-electron chi connectivity index (χ1n) is 6.50. The summed E-state index contributed by atoms with van der Waals surface area (Å²) in [4.78, 5) is 9.78. The van der Waals surface area contributed by atoms with E-state index in [0.717, 1.165) is 0 Å². The Kier molecular flexibility index (Phi) is 3.35. The quantitative estimate of drug-likeness (QED) is 0.844. The van der Waals surface area contributed by atoms with Gasteiger partial charge in [-0.3, -0.25) is 0 Å². The summed E-state index contributed by atoms with van der Waals surface area (Å²) in [5, 5.41) is 10.8. The van der Waals surface area contributed by atoms with Crippen molar-refractivity contribution in [3.63, 3.8) is 0 Å². The fraction of sp³-hybridized carbons (Fsp3) is 0.286. The molecule has 6 nitrogen and oxygen atoms in total. The lowest BCUT2D eigenvalue weighted by molar-refractivity contribution is 0.149. The van der Waals surface area contributed by atoms with Crippen LogP contribution >= 0.6 is 11.6 Å². The smallest absolute Gasteiger partial charge is 0.222 e. The monoisotopic (exact) mass is 306 g/mol. The van der Waals surface area contributed by atoms with E-state index in [-0.39, 0.29) is 5.95 Å². The number of rotatable bonds is 4. The van der Waals surface area contributed by atoms with Gasteiger partial charge in [-0.2, -0.15) is 4.98 Å². The van der Waals surface area contributed by atoms with Crippen molar-refractivity contribution in [2.45, 2.75) is 18.6 Å². The van der Waals surface area contributed by atoms with Crippen molar-refractivity contribution in [1.29, 1.82) is 0 Å². The van der Waals surface area contributed by atoms with E-state index < -0.39 is 5.72 Å². The molecule has 1 aromatic carbocycles. The Morgan fingerprint density at radius 3 is 2.62 bits per heavy atom. The number of hydrogen-bond acceptors (Lipinski definition) is 6. The molecule has 7 heteroatoms. The SMILES string of the molecule is CN(c1nc(N)ncc1Oc1ccc(Cl)cc1)C1(O)CC1. The van der Waals surface area contributed by atoms with Crippen LogP contribution in [0.15, 0.2) is 30.5 Å². The first kappa shape index (κ1) is 13.9. The van der Waals surface area contributed by atoms with Crippen LogP contribution < -0.4 is 15.4 Å². The number of nitrogens with zero attached hydrogens (tertiary/aromatic N) is 3. The predicted octanol–water partition coefficient (Wildman–Crippen LogP) is 2.42. The Balaban J connectivity index is 1.92. The highest BCUT2D eigenvalue weighted by Crippen LogP contribution is 2.43. The summed E-state index contributed by atoms with van der Waals surface area (Å²) in [6.07, 6.45) is 2.87. The zero-order chi connectivity index (χ0) is 15.0. The summed E-state index contributed by atoms with van der Waals surface area (Å²) in [6.45, 7) is 0. The summed E-state index contributed by atoms with van der Waals surface area (Å²) >= 11 is 5.85. The van der Waals surface area contributed by atoms with Gasteiger partial charge in [0.2, 0.25) is 5.95 Å². The third-order valence-electron chi connectivity index (χ3n) is 3.44. The second kappa shape index (κ2) is 5.05. The van der Waals surface area contributed by atoms with Crippen molar-refractivity contribution in [3.05, 3.63) is 35.5 Å². The molecule has 0 atom stereocenters. The van der Waals surface area contributed by atoms with E-state index in [1.165, 1.54) is 6.20 Å². The highest BCUT2D eigenvalue weighted by molar-refractivity contribution is 6.30. The fourth-order valence-electron chi connectivity index (χ4n) is 1.96. The van der Waals surface area contributed by atoms with Crippen LogP contribution in [0.1, 0.15) is 12.8 Å². The standard InChI is InChI=1S/C14H15ClN4O2/c1-19(14(20)6-7-14)12-11(8-17-13(16)18-12)21-10-4-2-9(15)3-5-10/h2-5,8,20H,6-7H2,1H3,(H2,16,17,18). The minimum Gasteiger partial charge on any atom is -0.452 e. The van der Waals surface area contributed by atoms with E-state index >= 15 is 0 Å². The Hall–Kier alpha value is -2.05. The van der Waals surface area contributed by atoms with Gasteiger partial charge >= 0.3 is 0 Å². The summed E-state index contributed by atoms with van der Waals surface area (Å²) < 4.78 is 5.77. The fourth-order valence-corrected chi connectivity index (χ4v) is 2.09. The van der Waals surface area contributed by atoms with E-state index in [1.807, 2.05) is 0 Å². The average Bonchev–Trinajstić information content (AvgIpc) is 3.21. The number of benzene rings is 1. The third-order valence-corrected chi connectivity index (χ3v) is 3.69. The highest BCUT2D eigenvalue weighted by Gasteiger charge is 2.46. The Morgan fingerprint density at radius 1 is 1.33 bits per heavy atom. The molecule has 0 radical (unpaired) electrons. The van der Waals surface area contributed by atoms with Gasteiger partial charge in [0.15, 0.2) is 11.6 Å². The number of aromatic nitrogens is 2. The van der Waals surface area contributed by atoms with Gasteiger partial charge in [0, 0.05) is 12.1 Å². The molecular formula is C14H15ClN4O2. The number of anilines is 2. The lowest BCUT2D eigenvalue weighted by atomic mass is 10.3. The second-order valence-corrected chi connectivity index (χ2v) is 5.45. The van der Waals surface area contributed by atoms with Crippen LogP contribution in [-0.2, 0) is 0 Å². The van der Waals surface area contributed by atoms with Crippen LogP contribution in [0.25, 0.3) is 0 Å². The van der Waals surface area contributed by atoms with Crippen LogP contribution in [0.5, 0.6) is 11.5 Å². The largest absolute Gasteiger partial charge is 0.452 e. The minimum atomic E-state index is -0.876. The maximum atomic E-state index is 10.2. The van der Waals surface area contributed by atoms with Crippen molar-refractivity contribution in [3.8, 4) is 11.5 Å². The lowest BCUT2D eigenvalue weighted by Crippen LogP contribution is -2.34. The molecule has 1 fully saturated rings. The van der Waals surface area contributed by atoms with Crippen LogP contribution in [0.3, 0.4) is 0 Å². The van der Waals surface area contributed by atoms with Gasteiger partial charge in [-0.1, -0.05) is 11.6 Å². The molecule has 0 amide bonds. The van der Waals surface area contributed by atoms with Gasteiger partial charge in [-0.15, -0.1) is 0 Å². The van der Waals surface area contributed by atoms with Gasteiger partial charge < -0.3 is 20.5 Å².